The van der Waals surface area contributed by atoms with Crippen molar-refractivity contribution in [3.05, 3.63) is 85.5 Å². The van der Waals surface area contributed by atoms with E-state index in [2.05, 4.69) is 40.9 Å². The van der Waals surface area contributed by atoms with Crippen molar-refractivity contribution >= 4 is 92.9 Å². The zero-order valence-corrected chi connectivity index (χ0v) is 24.9. The number of anilines is 3. The number of hydrogen-bond donors (Lipinski definition) is 3. The molecular formula is C22H15BrCl2FN5O5S3. The summed E-state index contributed by atoms with van der Waals surface area (Å²) in [7, 11) is -8.68. The van der Waals surface area contributed by atoms with Crippen molar-refractivity contribution in [3.63, 3.8) is 0 Å². The molecule has 4 aromatic rings. The highest BCUT2D eigenvalue weighted by Gasteiger charge is 2.26. The molecule has 4 rings (SSSR count). The van der Waals surface area contributed by atoms with Gasteiger partial charge in [-0.15, -0.1) is 10.2 Å². The van der Waals surface area contributed by atoms with Crippen molar-refractivity contribution in [2.24, 2.45) is 0 Å². The first-order chi connectivity index (χ1) is 18.2. The molecule has 39 heavy (non-hydrogen) atoms. The van der Waals surface area contributed by atoms with Crippen molar-refractivity contribution in [2.45, 2.75) is 16.7 Å². The number of carbonyl (C=O) groups excluding carboxylic acids is 1. The van der Waals surface area contributed by atoms with Gasteiger partial charge in [0, 0.05) is 15.7 Å². The van der Waals surface area contributed by atoms with E-state index in [1.54, 1.807) is 0 Å². The van der Waals surface area contributed by atoms with Crippen LogP contribution in [0.4, 0.5) is 20.9 Å². The second-order valence-corrected chi connectivity index (χ2v) is 13.7. The van der Waals surface area contributed by atoms with Gasteiger partial charge in [0.1, 0.15) is 16.2 Å². The third kappa shape index (κ3) is 6.85. The molecule has 3 aromatic carbocycles. The van der Waals surface area contributed by atoms with Crippen LogP contribution in [0, 0.1) is 12.7 Å². The van der Waals surface area contributed by atoms with E-state index in [0.717, 1.165) is 35.6 Å². The number of amides is 1. The highest BCUT2D eigenvalue weighted by molar-refractivity contribution is 9.10. The number of nitrogens with zero attached hydrogens (tertiary/aromatic N) is 2. The number of nitrogens with one attached hydrogen (secondary N) is 3. The molecule has 0 saturated carbocycles. The molecule has 10 nitrogen and oxygen atoms in total. The van der Waals surface area contributed by atoms with E-state index in [1.807, 2.05) is 0 Å². The summed E-state index contributed by atoms with van der Waals surface area (Å²) in [5.41, 5.74) is 1.14. The summed E-state index contributed by atoms with van der Waals surface area (Å²) >= 11 is 15.8. The fourth-order valence-electron chi connectivity index (χ4n) is 3.25. The first kappa shape index (κ1) is 29.2. The van der Waals surface area contributed by atoms with Crippen molar-refractivity contribution in [3.8, 4) is 0 Å². The Morgan fingerprint density at radius 3 is 2.31 bits per heavy atom. The van der Waals surface area contributed by atoms with Crippen molar-refractivity contribution in [2.75, 3.05) is 14.8 Å². The fourth-order valence-corrected chi connectivity index (χ4v) is 7.12. The minimum absolute atomic E-state index is 0.0194. The number of hydrogen-bond acceptors (Lipinski definition) is 8. The SMILES string of the molecule is Cc1cc(F)c(Br)cc1NS(=O)(=O)c1ccc(NS(=O)(=O)c2cc(Cl)cc(Cl)c2)cc1C(=O)Nc1nncs1. The molecule has 0 aliphatic carbocycles. The highest BCUT2D eigenvalue weighted by Crippen LogP contribution is 2.30. The first-order valence-corrected chi connectivity index (χ1v) is 15.8. The third-order valence-electron chi connectivity index (χ3n) is 5.00. The Morgan fingerprint density at radius 1 is 0.974 bits per heavy atom. The van der Waals surface area contributed by atoms with Crippen molar-refractivity contribution < 1.29 is 26.0 Å². The summed E-state index contributed by atoms with van der Waals surface area (Å²) in [6.45, 7) is 1.50. The molecule has 0 spiro atoms. The number of aromatic nitrogens is 2. The molecular weight excluding hydrogens is 680 g/mol. The molecule has 1 amide bonds. The topological polar surface area (TPSA) is 147 Å². The van der Waals surface area contributed by atoms with Gasteiger partial charge in [0.05, 0.1) is 20.6 Å². The minimum atomic E-state index is -4.44. The Morgan fingerprint density at radius 2 is 1.67 bits per heavy atom. The summed E-state index contributed by atoms with van der Waals surface area (Å²) in [6, 6.07) is 9.32. The van der Waals surface area contributed by atoms with Gasteiger partial charge < -0.3 is 0 Å². The lowest BCUT2D eigenvalue weighted by atomic mass is 10.2. The molecule has 0 saturated heterocycles. The van der Waals surface area contributed by atoms with Gasteiger partial charge in [0.2, 0.25) is 5.13 Å². The lowest BCUT2D eigenvalue weighted by Crippen LogP contribution is -2.21. The molecule has 0 bridgehead atoms. The summed E-state index contributed by atoms with van der Waals surface area (Å²) in [6.07, 6.45) is 0. The van der Waals surface area contributed by atoms with Crippen LogP contribution in [0.15, 0.2) is 68.3 Å². The van der Waals surface area contributed by atoms with E-state index in [9.17, 15) is 26.0 Å². The van der Waals surface area contributed by atoms with Crippen LogP contribution in [0.25, 0.3) is 0 Å². The van der Waals surface area contributed by atoms with Crippen LogP contribution < -0.4 is 14.8 Å². The molecule has 0 aliphatic rings. The van der Waals surface area contributed by atoms with Gasteiger partial charge >= 0.3 is 0 Å². The monoisotopic (exact) mass is 693 g/mol. The quantitative estimate of drug-likeness (QED) is 0.208. The fraction of sp³-hybridized carbons (Fsp3) is 0.0455. The van der Waals surface area contributed by atoms with Crippen LogP contribution in [0.1, 0.15) is 15.9 Å². The van der Waals surface area contributed by atoms with E-state index in [4.69, 9.17) is 23.2 Å². The van der Waals surface area contributed by atoms with Crippen molar-refractivity contribution in [1.82, 2.24) is 10.2 Å². The second kappa shape index (κ2) is 11.3. The Hall–Kier alpha value is -2.82. The smallest absolute Gasteiger partial charge is 0.262 e. The Bertz CT molecular complexity index is 1790. The third-order valence-corrected chi connectivity index (χ3v) is 9.44. The van der Waals surface area contributed by atoms with E-state index in [1.165, 1.54) is 36.7 Å². The lowest BCUT2D eigenvalue weighted by molar-refractivity contribution is 0.102. The minimum Gasteiger partial charge on any atom is -0.296 e. The summed E-state index contributed by atoms with van der Waals surface area (Å²) in [5.74, 6) is -1.50. The highest BCUT2D eigenvalue weighted by atomic mass is 79.9. The molecule has 1 heterocycles. The zero-order valence-electron chi connectivity index (χ0n) is 19.4. The zero-order chi connectivity index (χ0) is 28.5. The maximum Gasteiger partial charge on any atom is 0.262 e. The van der Waals surface area contributed by atoms with Gasteiger partial charge in [-0.2, -0.15) is 0 Å². The number of benzene rings is 3. The number of carbonyl (C=O) groups is 1. The molecule has 0 fully saturated rings. The predicted octanol–water partition coefficient (Wildman–Crippen LogP) is 5.91. The summed E-state index contributed by atoms with van der Waals surface area (Å²) in [5, 5.41) is 9.97. The van der Waals surface area contributed by atoms with Crippen LogP contribution in [0.5, 0.6) is 0 Å². The number of halogens is 4. The van der Waals surface area contributed by atoms with E-state index in [-0.39, 0.29) is 41.5 Å². The van der Waals surface area contributed by atoms with E-state index >= 15 is 0 Å². The maximum absolute atomic E-state index is 13.9. The van der Waals surface area contributed by atoms with Crippen LogP contribution in [-0.4, -0.2) is 32.9 Å². The molecule has 1 aromatic heterocycles. The largest absolute Gasteiger partial charge is 0.296 e. The van der Waals surface area contributed by atoms with E-state index < -0.39 is 42.2 Å². The van der Waals surface area contributed by atoms with Crippen LogP contribution in [0.3, 0.4) is 0 Å². The summed E-state index contributed by atoms with van der Waals surface area (Å²) < 4.78 is 71.1. The molecule has 0 radical (unpaired) electrons. The van der Waals surface area contributed by atoms with Crippen molar-refractivity contribution in [1.29, 1.82) is 0 Å². The van der Waals surface area contributed by atoms with Gasteiger partial charge in [-0.1, -0.05) is 34.5 Å². The lowest BCUT2D eigenvalue weighted by Gasteiger charge is -2.16. The summed E-state index contributed by atoms with van der Waals surface area (Å²) in [4.78, 5) is 12.4. The number of sulfonamides is 2. The second-order valence-electron chi connectivity index (χ2n) is 7.81. The predicted molar refractivity (Wildman–Crippen MR) is 151 cm³/mol. The molecule has 0 unspecified atom stereocenters. The van der Waals surface area contributed by atoms with Gasteiger partial charge in [-0.3, -0.25) is 19.6 Å². The van der Waals surface area contributed by atoms with Crippen LogP contribution >= 0.6 is 50.5 Å². The standard InChI is InChI=1S/C22H15BrCl2FN5O5S3/c1-11-4-18(26)17(23)9-19(11)31-39(35,36)20-3-2-14(8-16(20)21(32)28-22-29-27-10-37-22)30-38(33,34)15-6-12(24)5-13(25)7-15/h2-10,30-31H,1H3,(H,28,29,32). The Labute approximate surface area is 244 Å². The van der Waals surface area contributed by atoms with Gasteiger partial charge in [-0.05, 0) is 76.9 Å². The van der Waals surface area contributed by atoms with Crippen LogP contribution in [0.2, 0.25) is 10.0 Å². The maximum atomic E-state index is 13.9. The van der Waals surface area contributed by atoms with Gasteiger partial charge in [0.25, 0.3) is 26.0 Å². The first-order valence-electron chi connectivity index (χ1n) is 10.4. The Kier molecular flexibility index (Phi) is 8.49. The Balaban J connectivity index is 1.76. The molecule has 0 aliphatic heterocycles. The normalized spacial score (nSPS) is 11.7. The molecule has 17 heteroatoms. The molecule has 3 N–H and O–H groups in total. The van der Waals surface area contributed by atoms with Gasteiger partial charge in [-0.25, -0.2) is 21.2 Å². The average Bonchev–Trinajstić information content (AvgIpc) is 3.34. The average molecular weight is 695 g/mol. The molecule has 204 valence electrons. The number of aryl methyl sites for hydroxylation is 1. The van der Waals surface area contributed by atoms with Crippen LogP contribution in [-0.2, 0) is 20.0 Å². The van der Waals surface area contributed by atoms with E-state index in [0.29, 0.717) is 0 Å². The van der Waals surface area contributed by atoms with Gasteiger partial charge in [0.15, 0.2) is 0 Å². The molecule has 0 atom stereocenters. The number of rotatable bonds is 8.